The summed E-state index contributed by atoms with van der Waals surface area (Å²) in [5.74, 6) is 0. The molecule has 1 spiro atoms. The molecule has 21 heavy (non-hydrogen) atoms. The summed E-state index contributed by atoms with van der Waals surface area (Å²) in [6, 6.07) is 9.44. The summed E-state index contributed by atoms with van der Waals surface area (Å²) in [6.07, 6.45) is 8.18. The molecule has 0 bridgehead atoms. The Morgan fingerprint density at radius 3 is 2.86 bits per heavy atom. The van der Waals surface area contributed by atoms with Crippen LogP contribution in [0.2, 0.25) is 0 Å². The Hall–Kier alpha value is -0.380. The second-order valence-electron chi connectivity index (χ2n) is 6.94. The number of hydrogen-bond acceptors (Lipinski definition) is 2. The van der Waals surface area contributed by atoms with E-state index in [-0.39, 0.29) is 0 Å². The van der Waals surface area contributed by atoms with E-state index in [1.54, 1.807) is 0 Å². The predicted octanol–water partition coefficient (Wildman–Crippen LogP) is 4.34. The molecule has 1 aliphatic heterocycles. The van der Waals surface area contributed by atoms with E-state index in [4.69, 9.17) is 0 Å². The molecule has 3 heteroatoms. The molecule has 2 aliphatic rings. The molecule has 1 saturated heterocycles. The standard InChI is InChI=1S/C18H27BrN2/c1-15-8-11-20-18(9-3-2-4-10-18)14-21(15)13-16-6-5-7-17(19)12-16/h5-7,12,15,20H,2-4,8-11,13-14H2,1H3. The summed E-state index contributed by atoms with van der Waals surface area (Å²) in [4.78, 5) is 2.70. The van der Waals surface area contributed by atoms with E-state index < -0.39 is 0 Å². The van der Waals surface area contributed by atoms with Gasteiger partial charge in [-0.05, 0) is 50.4 Å². The highest BCUT2D eigenvalue weighted by Crippen LogP contribution is 2.32. The molecule has 1 atom stereocenters. The van der Waals surface area contributed by atoms with Gasteiger partial charge >= 0.3 is 0 Å². The molecule has 0 aromatic heterocycles. The van der Waals surface area contributed by atoms with Gasteiger partial charge in [0, 0.05) is 29.1 Å². The Kier molecular flexibility index (Phi) is 5.03. The highest BCUT2D eigenvalue weighted by Gasteiger charge is 2.36. The lowest BCUT2D eigenvalue weighted by atomic mass is 9.81. The molecule has 2 nitrogen and oxygen atoms in total. The number of nitrogens with one attached hydrogen (secondary N) is 1. The topological polar surface area (TPSA) is 15.3 Å². The molecule has 1 saturated carbocycles. The fourth-order valence-corrected chi connectivity index (χ4v) is 4.42. The highest BCUT2D eigenvalue weighted by molar-refractivity contribution is 9.10. The van der Waals surface area contributed by atoms with Gasteiger partial charge in [-0.2, -0.15) is 0 Å². The molecule has 1 aromatic carbocycles. The molecule has 1 aliphatic carbocycles. The minimum atomic E-state index is 0.384. The molecule has 2 fully saturated rings. The van der Waals surface area contributed by atoms with Crippen molar-refractivity contribution in [2.45, 2.75) is 63.6 Å². The Balaban J connectivity index is 1.74. The van der Waals surface area contributed by atoms with Crippen LogP contribution in [-0.4, -0.2) is 29.6 Å². The zero-order valence-electron chi connectivity index (χ0n) is 13.1. The average Bonchev–Trinajstić information content (AvgIpc) is 2.60. The van der Waals surface area contributed by atoms with Crippen molar-refractivity contribution in [3.8, 4) is 0 Å². The van der Waals surface area contributed by atoms with Crippen LogP contribution in [0.25, 0.3) is 0 Å². The number of hydrogen-bond donors (Lipinski definition) is 1. The molecular weight excluding hydrogens is 324 g/mol. The first-order chi connectivity index (χ1) is 10.2. The zero-order valence-corrected chi connectivity index (χ0v) is 14.7. The van der Waals surface area contributed by atoms with E-state index in [1.165, 1.54) is 61.7 Å². The molecule has 1 N–H and O–H groups in total. The maximum atomic E-state index is 3.90. The van der Waals surface area contributed by atoms with Crippen LogP contribution in [-0.2, 0) is 6.54 Å². The van der Waals surface area contributed by atoms with Crippen LogP contribution in [0.15, 0.2) is 28.7 Å². The van der Waals surface area contributed by atoms with Gasteiger partial charge in [-0.3, -0.25) is 4.90 Å². The minimum absolute atomic E-state index is 0.384. The van der Waals surface area contributed by atoms with Crippen molar-refractivity contribution >= 4 is 15.9 Å². The first-order valence-corrected chi connectivity index (χ1v) is 9.20. The summed E-state index contributed by atoms with van der Waals surface area (Å²) in [7, 11) is 0. The van der Waals surface area contributed by atoms with Crippen LogP contribution >= 0.6 is 15.9 Å². The SMILES string of the molecule is CC1CCNC2(CCCCC2)CN1Cc1cccc(Br)c1. The summed E-state index contributed by atoms with van der Waals surface area (Å²) in [5.41, 5.74) is 1.80. The molecule has 3 rings (SSSR count). The summed E-state index contributed by atoms with van der Waals surface area (Å²) < 4.78 is 1.19. The van der Waals surface area contributed by atoms with Gasteiger partial charge in [0.25, 0.3) is 0 Å². The highest BCUT2D eigenvalue weighted by atomic mass is 79.9. The van der Waals surface area contributed by atoms with Crippen molar-refractivity contribution in [3.05, 3.63) is 34.3 Å². The Morgan fingerprint density at radius 1 is 1.29 bits per heavy atom. The zero-order chi connectivity index (χ0) is 14.7. The maximum Gasteiger partial charge on any atom is 0.0309 e. The molecule has 1 unspecified atom stereocenters. The van der Waals surface area contributed by atoms with Gasteiger partial charge in [-0.1, -0.05) is 47.3 Å². The van der Waals surface area contributed by atoms with Gasteiger partial charge in [0.05, 0.1) is 0 Å². The fraction of sp³-hybridized carbons (Fsp3) is 0.667. The molecule has 1 aromatic rings. The van der Waals surface area contributed by atoms with Crippen molar-refractivity contribution in [2.24, 2.45) is 0 Å². The third-order valence-electron chi connectivity index (χ3n) is 5.28. The Bertz CT molecular complexity index is 468. The number of nitrogens with zero attached hydrogens (tertiary/aromatic N) is 1. The lowest BCUT2D eigenvalue weighted by Gasteiger charge is -2.41. The van der Waals surface area contributed by atoms with E-state index in [2.05, 4.69) is 57.3 Å². The smallest absolute Gasteiger partial charge is 0.0309 e. The van der Waals surface area contributed by atoms with Crippen LogP contribution < -0.4 is 5.32 Å². The van der Waals surface area contributed by atoms with Gasteiger partial charge in [-0.15, -0.1) is 0 Å². The van der Waals surface area contributed by atoms with Crippen LogP contribution in [0.1, 0.15) is 51.0 Å². The summed E-state index contributed by atoms with van der Waals surface area (Å²) in [5, 5.41) is 3.90. The van der Waals surface area contributed by atoms with Crippen molar-refractivity contribution in [2.75, 3.05) is 13.1 Å². The summed E-state index contributed by atoms with van der Waals surface area (Å²) >= 11 is 3.60. The predicted molar refractivity (Wildman–Crippen MR) is 92.4 cm³/mol. The van der Waals surface area contributed by atoms with Crippen LogP contribution in [0.5, 0.6) is 0 Å². The van der Waals surface area contributed by atoms with Gasteiger partial charge in [0.1, 0.15) is 0 Å². The largest absolute Gasteiger partial charge is 0.310 e. The Morgan fingerprint density at radius 2 is 2.10 bits per heavy atom. The quantitative estimate of drug-likeness (QED) is 0.853. The molecule has 1 heterocycles. The van der Waals surface area contributed by atoms with Crippen LogP contribution in [0.3, 0.4) is 0 Å². The third kappa shape index (κ3) is 3.88. The van der Waals surface area contributed by atoms with Crippen molar-refractivity contribution in [3.63, 3.8) is 0 Å². The molecule has 0 amide bonds. The number of benzene rings is 1. The van der Waals surface area contributed by atoms with E-state index >= 15 is 0 Å². The van der Waals surface area contributed by atoms with Gasteiger partial charge in [-0.25, -0.2) is 0 Å². The van der Waals surface area contributed by atoms with Crippen molar-refractivity contribution in [1.29, 1.82) is 0 Å². The molecule has 0 radical (unpaired) electrons. The minimum Gasteiger partial charge on any atom is -0.310 e. The van der Waals surface area contributed by atoms with Crippen LogP contribution in [0, 0.1) is 0 Å². The maximum absolute atomic E-state index is 3.90. The van der Waals surface area contributed by atoms with Crippen molar-refractivity contribution in [1.82, 2.24) is 10.2 Å². The average molecular weight is 351 g/mol. The second kappa shape index (κ2) is 6.80. The molecule has 116 valence electrons. The van der Waals surface area contributed by atoms with E-state index in [1.807, 2.05) is 0 Å². The molecular formula is C18H27BrN2. The first kappa shape index (κ1) is 15.5. The van der Waals surface area contributed by atoms with Gasteiger partial charge in [0.2, 0.25) is 0 Å². The van der Waals surface area contributed by atoms with E-state index in [9.17, 15) is 0 Å². The summed E-state index contributed by atoms with van der Waals surface area (Å²) in [6.45, 7) is 5.85. The van der Waals surface area contributed by atoms with Crippen LogP contribution in [0.4, 0.5) is 0 Å². The number of halogens is 1. The Labute approximate surface area is 137 Å². The normalized spacial score (nSPS) is 26.7. The second-order valence-corrected chi connectivity index (χ2v) is 7.86. The van der Waals surface area contributed by atoms with E-state index in [0.717, 1.165) is 6.54 Å². The monoisotopic (exact) mass is 350 g/mol. The van der Waals surface area contributed by atoms with Gasteiger partial charge < -0.3 is 5.32 Å². The first-order valence-electron chi connectivity index (χ1n) is 8.40. The lowest BCUT2D eigenvalue weighted by Crippen LogP contribution is -2.53. The lowest BCUT2D eigenvalue weighted by molar-refractivity contribution is 0.131. The third-order valence-corrected chi connectivity index (χ3v) is 5.77. The fourth-order valence-electron chi connectivity index (χ4n) is 3.97. The van der Waals surface area contributed by atoms with Crippen molar-refractivity contribution < 1.29 is 0 Å². The number of rotatable bonds is 2. The van der Waals surface area contributed by atoms with E-state index in [0.29, 0.717) is 11.6 Å². The van der Waals surface area contributed by atoms with Gasteiger partial charge in [0.15, 0.2) is 0 Å².